The van der Waals surface area contributed by atoms with Crippen LogP contribution in [0.2, 0.25) is 18.1 Å². The number of anilines is 1. The second kappa shape index (κ2) is 12.8. The molecule has 2 rings (SSSR count). The van der Waals surface area contributed by atoms with Crippen LogP contribution in [0.3, 0.4) is 0 Å². The van der Waals surface area contributed by atoms with Crippen molar-refractivity contribution in [2.45, 2.75) is 83.9 Å². The van der Waals surface area contributed by atoms with Crippen LogP contribution >= 0.6 is 0 Å². The highest BCUT2D eigenvalue weighted by Crippen LogP contribution is 2.37. The topological polar surface area (TPSA) is 72.4 Å². The maximum absolute atomic E-state index is 13.8. The summed E-state index contributed by atoms with van der Waals surface area (Å²) in [4.78, 5) is 26.2. The van der Waals surface area contributed by atoms with E-state index >= 15 is 0 Å². The number of alkyl halides is 3. The van der Waals surface area contributed by atoms with E-state index < -0.39 is 45.2 Å². The molecule has 1 amide bonds. The van der Waals surface area contributed by atoms with Crippen molar-refractivity contribution in [2.75, 3.05) is 18.5 Å². The Hall–Kier alpha value is -2.59. The van der Waals surface area contributed by atoms with Gasteiger partial charge < -0.3 is 15.1 Å². The van der Waals surface area contributed by atoms with Crippen molar-refractivity contribution in [3.05, 3.63) is 52.8 Å². The Morgan fingerprint density at radius 1 is 1.05 bits per heavy atom. The molecule has 37 heavy (non-hydrogen) atoms. The van der Waals surface area contributed by atoms with Gasteiger partial charge in [-0.15, -0.1) is 0 Å². The van der Waals surface area contributed by atoms with Crippen LogP contribution < -0.4 is 16.2 Å². The first-order valence-corrected chi connectivity index (χ1v) is 15.6. The number of carbonyl (C=O) groups is 1. The molecule has 0 aliphatic heterocycles. The summed E-state index contributed by atoms with van der Waals surface area (Å²) in [5, 5.41) is 4.88. The Bertz CT molecular complexity index is 1080. The minimum Gasteiger partial charge on any atom is -0.414 e. The molecule has 1 atom stereocenters. The number of unbranched alkanes of at least 4 members (excludes halogenated alkanes) is 2. The van der Waals surface area contributed by atoms with Gasteiger partial charge in [-0.2, -0.15) is 13.2 Å². The SMILES string of the molecule is CCCCCNc1ccc(-c2ccccc2)n(CC(=O)NC(CO[Si](C)(C)C(C)(C)C)C(F)(F)F)c1=O. The Kier molecular flexibility index (Phi) is 10.6. The number of hydrogen-bond donors (Lipinski definition) is 2. The predicted molar refractivity (Wildman–Crippen MR) is 145 cm³/mol. The van der Waals surface area contributed by atoms with Crippen LogP contribution in [0.5, 0.6) is 0 Å². The summed E-state index contributed by atoms with van der Waals surface area (Å²) < 4.78 is 48.4. The van der Waals surface area contributed by atoms with Gasteiger partial charge in [0.15, 0.2) is 8.32 Å². The number of carbonyl (C=O) groups excluding carboxylic acids is 1. The molecular formula is C27H40F3N3O3Si. The van der Waals surface area contributed by atoms with Crippen LogP contribution in [0.25, 0.3) is 11.3 Å². The van der Waals surface area contributed by atoms with E-state index in [2.05, 4.69) is 17.6 Å². The van der Waals surface area contributed by atoms with E-state index in [1.807, 2.05) is 39.9 Å². The highest BCUT2D eigenvalue weighted by molar-refractivity contribution is 6.74. The van der Waals surface area contributed by atoms with E-state index in [1.54, 1.807) is 36.4 Å². The molecule has 0 fully saturated rings. The van der Waals surface area contributed by atoms with Crippen molar-refractivity contribution in [3.63, 3.8) is 0 Å². The Morgan fingerprint density at radius 3 is 2.27 bits per heavy atom. The molecule has 2 N–H and O–H groups in total. The van der Waals surface area contributed by atoms with E-state index in [0.717, 1.165) is 19.3 Å². The van der Waals surface area contributed by atoms with E-state index in [-0.39, 0.29) is 5.04 Å². The maximum Gasteiger partial charge on any atom is 0.410 e. The van der Waals surface area contributed by atoms with Gasteiger partial charge in [0.05, 0.1) is 12.3 Å². The highest BCUT2D eigenvalue weighted by Gasteiger charge is 2.44. The Morgan fingerprint density at radius 2 is 1.70 bits per heavy atom. The number of rotatable bonds is 12. The minimum absolute atomic E-state index is 0.282. The Labute approximate surface area is 218 Å². The van der Waals surface area contributed by atoms with Gasteiger partial charge in [0.25, 0.3) is 5.56 Å². The lowest BCUT2D eigenvalue weighted by Gasteiger charge is -2.37. The first kappa shape index (κ1) is 30.6. The number of benzene rings is 1. The summed E-state index contributed by atoms with van der Waals surface area (Å²) in [5.74, 6) is -0.913. The zero-order valence-electron chi connectivity index (χ0n) is 22.7. The fourth-order valence-electron chi connectivity index (χ4n) is 3.44. The fraction of sp³-hybridized carbons (Fsp3) is 0.556. The van der Waals surface area contributed by atoms with Gasteiger partial charge in [-0.3, -0.25) is 14.2 Å². The number of halogens is 3. The zero-order chi connectivity index (χ0) is 27.9. The first-order chi connectivity index (χ1) is 17.2. The monoisotopic (exact) mass is 539 g/mol. The van der Waals surface area contributed by atoms with Crippen molar-refractivity contribution in [1.29, 1.82) is 0 Å². The van der Waals surface area contributed by atoms with Crippen molar-refractivity contribution in [3.8, 4) is 11.3 Å². The molecule has 206 valence electrons. The molecule has 0 saturated heterocycles. The lowest BCUT2D eigenvalue weighted by molar-refractivity contribution is -0.167. The maximum atomic E-state index is 13.8. The Balaban J connectivity index is 2.31. The summed E-state index contributed by atoms with van der Waals surface area (Å²) >= 11 is 0. The van der Waals surface area contributed by atoms with Crippen LogP contribution in [-0.2, 0) is 15.8 Å². The molecule has 1 aromatic heterocycles. The molecule has 0 aliphatic rings. The summed E-state index contributed by atoms with van der Waals surface area (Å²) in [6.07, 6.45) is -1.80. The summed E-state index contributed by atoms with van der Waals surface area (Å²) in [6, 6.07) is 10.1. The van der Waals surface area contributed by atoms with Crippen LogP contribution in [0, 0.1) is 0 Å². The molecule has 0 radical (unpaired) electrons. The third kappa shape index (κ3) is 8.74. The molecule has 6 nitrogen and oxygen atoms in total. The van der Waals surface area contributed by atoms with Crippen molar-refractivity contribution >= 4 is 19.9 Å². The average Bonchev–Trinajstić information content (AvgIpc) is 2.80. The molecule has 0 saturated carbocycles. The second-order valence-corrected chi connectivity index (χ2v) is 15.6. The lowest BCUT2D eigenvalue weighted by Crippen LogP contribution is -2.53. The zero-order valence-corrected chi connectivity index (χ0v) is 23.7. The van der Waals surface area contributed by atoms with Gasteiger partial charge in [0.2, 0.25) is 5.91 Å². The standard InChI is InChI=1S/C27H40F3N3O3Si/c1-7-8-12-17-31-21-15-16-22(20-13-10-9-11-14-20)33(25(21)35)18-24(34)32-23(27(28,29)30)19-36-37(5,6)26(2,3)4/h9-11,13-16,23,31H,7-8,12,17-19H2,1-6H3,(H,32,34). The average molecular weight is 540 g/mol. The molecule has 0 bridgehead atoms. The van der Waals surface area contributed by atoms with Gasteiger partial charge in [-0.25, -0.2) is 0 Å². The molecule has 0 spiro atoms. The molecule has 0 aliphatic carbocycles. The van der Waals surface area contributed by atoms with Gasteiger partial charge in [0.1, 0.15) is 18.3 Å². The summed E-state index contributed by atoms with van der Waals surface area (Å²) in [7, 11) is -2.47. The van der Waals surface area contributed by atoms with Crippen LogP contribution in [0.1, 0.15) is 47.0 Å². The number of nitrogens with zero attached hydrogens (tertiary/aromatic N) is 1. The minimum atomic E-state index is -4.70. The van der Waals surface area contributed by atoms with E-state index in [9.17, 15) is 22.8 Å². The smallest absolute Gasteiger partial charge is 0.410 e. The number of aromatic nitrogens is 1. The normalized spacial score (nSPS) is 13.3. The summed E-state index contributed by atoms with van der Waals surface area (Å²) in [6.45, 7) is 10.9. The van der Waals surface area contributed by atoms with E-state index in [0.29, 0.717) is 23.5 Å². The number of pyridine rings is 1. The first-order valence-electron chi connectivity index (χ1n) is 12.7. The van der Waals surface area contributed by atoms with Gasteiger partial charge in [-0.05, 0) is 42.2 Å². The molecule has 1 unspecified atom stereocenters. The number of hydrogen-bond acceptors (Lipinski definition) is 4. The quantitative estimate of drug-likeness (QED) is 0.249. The highest BCUT2D eigenvalue weighted by atomic mass is 28.4. The van der Waals surface area contributed by atoms with Crippen LogP contribution in [0.4, 0.5) is 18.9 Å². The van der Waals surface area contributed by atoms with Crippen LogP contribution in [0.15, 0.2) is 47.3 Å². The summed E-state index contributed by atoms with van der Waals surface area (Å²) in [5.41, 5.74) is 0.964. The van der Waals surface area contributed by atoms with Gasteiger partial charge in [-0.1, -0.05) is 70.9 Å². The molecule has 10 heteroatoms. The third-order valence-electron chi connectivity index (χ3n) is 6.79. The second-order valence-electron chi connectivity index (χ2n) is 10.8. The molecular weight excluding hydrogens is 499 g/mol. The van der Waals surface area contributed by atoms with Gasteiger partial charge >= 0.3 is 6.18 Å². The number of amides is 1. The molecule has 1 aromatic carbocycles. The largest absolute Gasteiger partial charge is 0.414 e. The van der Waals surface area contributed by atoms with Gasteiger partial charge in [0, 0.05) is 6.54 Å². The molecule has 1 heterocycles. The third-order valence-corrected chi connectivity index (χ3v) is 11.3. The predicted octanol–water partition coefficient (Wildman–Crippen LogP) is 6.19. The van der Waals surface area contributed by atoms with Crippen molar-refractivity contribution in [2.24, 2.45) is 0 Å². The van der Waals surface area contributed by atoms with Crippen molar-refractivity contribution in [1.82, 2.24) is 9.88 Å². The fourth-order valence-corrected chi connectivity index (χ4v) is 4.45. The van der Waals surface area contributed by atoms with E-state index in [1.165, 1.54) is 4.57 Å². The lowest BCUT2D eigenvalue weighted by atomic mass is 10.1. The number of nitrogens with one attached hydrogen (secondary N) is 2. The van der Waals surface area contributed by atoms with E-state index in [4.69, 9.17) is 4.43 Å². The van der Waals surface area contributed by atoms with Crippen LogP contribution in [-0.4, -0.2) is 44.2 Å². The van der Waals surface area contributed by atoms with Crippen molar-refractivity contribution < 1.29 is 22.4 Å². The molecule has 2 aromatic rings.